The maximum Gasteiger partial charge on any atom is 0.228 e. The van der Waals surface area contributed by atoms with E-state index in [1.165, 1.54) is 9.75 Å². The first-order valence-electron chi connectivity index (χ1n) is 8.48. The summed E-state index contributed by atoms with van der Waals surface area (Å²) < 4.78 is 0. The quantitative estimate of drug-likeness (QED) is 0.635. The van der Waals surface area contributed by atoms with Crippen LogP contribution in [0.5, 0.6) is 0 Å². The lowest BCUT2D eigenvalue weighted by Gasteiger charge is -2.09. The third-order valence-corrected chi connectivity index (χ3v) is 5.58. The van der Waals surface area contributed by atoms with Gasteiger partial charge in [0.2, 0.25) is 5.91 Å². The Labute approximate surface area is 151 Å². The van der Waals surface area contributed by atoms with Gasteiger partial charge in [-0.1, -0.05) is 24.3 Å². The number of carbonyl (C=O) groups excluding carboxylic acids is 1. The van der Waals surface area contributed by atoms with Crippen LogP contribution < -0.4 is 10.6 Å². The van der Waals surface area contributed by atoms with E-state index in [0.29, 0.717) is 5.92 Å². The van der Waals surface area contributed by atoms with Crippen molar-refractivity contribution < 1.29 is 4.79 Å². The Morgan fingerprint density at radius 3 is 2.48 bits per heavy atom. The van der Waals surface area contributed by atoms with Crippen LogP contribution in [0.15, 0.2) is 66.7 Å². The predicted molar refractivity (Wildman–Crippen MR) is 105 cm³/mol. The molecular weight excluding hydrogens is 328 g/mol. The van der Waals surface area contributed by atoms with E-state index in [-0.39, 0.29) is 11.8 Å². The molecule has 1 saturated carbocycles. The summed E-state index contributed by atoms with van der Waals surface area (Å²) in [6.45, 7) is 2.11. The number of rotatable bonds is 5. The van der Waals surface area contributed by atoms with Crippen LogP contribution >= 0.6 is 11.3 Å². The third kappa shape index (κ3) is 3.74. The Bertz CT molecular complexity index is 888. The number of thiophene rings is 1. The highest BCUT2D eigenvalue weighted by Gasteiger charge is 2.44. The van der Waals surface area contributed by atoms with Gasteiger partial charge in [-0.05, 0) is 55.8 Å². The van der Waals surface area contributed by atoms with Crippen LogP contribution in [-0.4, -0.2) is 5.91 Å². The van der Waals surface area contributed by atoms with E-state index in [9.17, 15) is 4.79 Å². The molecule has 3 aromatic rings. The molecule has 2 N–H and O–H groups in total. The molecule has 0 spiro atoms. The van der Waals surface area contributed by atoms with E-state index in [0.717, 1.165) is 23.5 Å². The van der Waals surface area contributed by atoms with Gasteiger partial charge in [0.15, 0.2) is 0 Å². The van der Waals surface area contributed by atoms with Crippen LogP contribution in [0.1, 0.15) is 22.1 Å². The first kappa shape index (κ1) is 15.9. The van der Waals surface area contributed by atoms with Gasteiger partial charge in [-0.3, -0.25) is 4.79 Å². The lowest BCUT2D eigenvalue weighted by molar-refractivity contribution is -0.117. The van der Waals surface area contributed by atoms with Crippen molar-refractivity contribution in [1.29, 1.82) is 0 Å². The average Bonchev–Trinajstić information content (AvgIpc) is 3.31. The second kappa shape index (κ2) is 6.73. The van der Waals surface area contributed by atoms with Gasteiger partial charge < -0.3 is 10.6 Å². The summed E-state index contributed by atoms with van der Waals surface area (Å²) >= 11 is 1.80. The van der Waals surface area contributed by atoms with E-state index in [4.69, 9.17) is 0 Å². The van der Waals surface area contributed by atoms with Gasteiger partial charge >= 0.3 is 0 Å². The Morgan fingerprint density at radius 2 is 1.72 bits per heavy atom. The molecule has 1 heterocycles. The molecule has 0 aliphatic heterocycles. The summed E-state index contributed by atoms with van der Waals surface area (Å²) in [6.07, 6.45) is 0.952. The predicted octanol–water partition coefficient (Wildman–Crippen LogP) is 5.54. The van der Waals surface area contributed by atoms with Crippen molar-refractivity contribution in [2.45, 2.75) is 19.3 Å². The fraction of sp³-hybridized carbons (Fsp3) is 0.190. The minimum Gasteiger partial charge on any atom is -0.355 e. The second-order valence-electron chi connectivity index (χ2n) is 6.46. The Kier molecular flexibility index (Phi) is 4.28. The van der Waals surface area contributed by atoms with Crippen molar-refractivity contribution in [2.75, 3.05) is 10.6 Å². The van der Waals surface area contributed by atoms with Crippen LogP contribution in [0, 0.1) is 12.8 Å². The monoisotopic (exact) mass is 348 g/mol. The van der Waals surface area contributed by atoms with Crippen molar-refractivity contribution >= 4 is 34.3 Å². The Morgan fingerprint density at radius 1 is 0.960 bits per heavy atom. The molecule has 2 unspecified atom stereocenters. The highest BCUT2D eigenvalue weighted by molar-refractivity contribution is 7.12. The summed E-state index contributed by atoms with van der Waals surface area (Å²) in [5, 5.41) is 6.41. The summed E-state index contributed by atoms with van der Waals surface area (Å²) in [5.74, 6) is 0.612. The maximum atomic E-state index is 12.5. The van der Waals surface area contributed by atoms with Gasteiger partial charge in [0.1, 0.15) is 0 Å². The lowest BCUT2D eigenvalue weighted by Crippen LogP contribution is -2.14. The van der Waals surface area contributed by atoms with Gasteiger partial charge in [0, 0.05) is 38.7 Å². The Balaban J connectivity index is 1.40. The number of para-hydroxylation sites is 1. The van der Waals surface area contributed by atoms with Crippen LogP contribution in [0.3, 0.4) is 0 Å². The number of nitrogens with one attached hydrogen (secondary N) is 2. The molecule has 25 heavy (non-hydrogen) atoms. The number of amides is 1. The minimum absolute atomic E-state index is 0.101. The molecular formula is C21H20N2OS. The molecule has 2 aromatic carbocycles. The van der Waals surface area contributed by atoms with Gasteiger partial charge in [0.05, 0.1) is 0 Å². The molecule has 1 amide bonds. The van der Waals surface area contributed by atoms with Crippen LogP contribution in [0.2, 0.25) is 0 Å². The molecule has 0 bridgehead atoms. The van der Waals surface area contributed by atoms with E-state index >= 15 is 0 Å². The fourth-order valence-electron chi connectivity index (χ4n) is 3.05. The molecule has 126 valence electrons. The molecule has 4 rings (SSSR count). The zero-order valence-corrected chi connectivity index (χ0v) is 14.8. The van der Waals surface area contributed by atoms with E-state index in [2.05, 4.69) is 29.7 Å². The van der Waals surface area contributed by atoms with Crippen molar-refractivity contribution in [1.82, 2.24) is 0 Å². The topological polar surface area (TPSA) is 41.1 Å². The number of hydrogen-bond acceptors (Lipinski definition) is 3. The third-order valence-electron chi connectivity index (χ3n) is 4.45. The van der Waals surface area contributed by atoms with E-state index in [1.54, 1.807) is 11.3 Å². The number of anilines is 3. The normalized spacial score (nSPS) is 18.6. The maximum absolute atomic E-state index is 12.5. The number of aryl methyl sites for hydroxylation is 1. The minimum atomic E-state index is 0.101. The summed E-state index contributed by atoms with van der Waals surface area (Å²) in [6, 6.07) is 22.1. The number of hydrogen-bond donors (Lipinski definition) is 2. The molecule has 1 aromatic heterocycles. The molecule has 1 aliphatic rings. The molecule has 4 heteroatoms. The standard InChI is InChI=1S/C21H20N2OS/c1-14-10-11-20(25-14)18-13-19(18)21(24)23-17-9-5-8-16(12-17)22-15-6-3-2-4-7-15/h2-12,18-19,22H,13H2,1H3,(H,23,24). The van der Waals surface area contributed by atoms with Crippen LogP contribution in [-0.2, 0) is 4.79 Å². The Hall–Kier alpha value is -2.59. The summed E-state index contributed by atoms with van der Waals surface area (Å²) in [4.78, 5) is 15.1. The fourth-order valence-corrected chi connectivity index (χ4v) is 4.11. The molecule has 2 atom stereocenters. The van der Waals surface area contributed by atoms with Gasteiger partial charge in [0.25, 0.3) is 0 Å². The van der Waals surface area contributed by atoms with E-state index < -0.39 is 0 Å². The highest BCUT2D eigenvalue weighted by atomic mass is 32.1. The largest absolute Gasteiger partial charge is 0.355 e. The molecule has 0 radical (unpaired) electrons. The van der Waals surface area contributed by atoms with Crippen molar-refractivity contribution in [2.24, 2.45) is 5.92 Å². The average molecular weight is 348 g/mol. The lowest BCUT2D eigenvalue weighted by atomic mass is 10.2. The van der Waals surface area contributed by atoms with Gasteiger partial charge in [-0.15, -0.1) is 11.3 Å². The second-order valence-corrected chi connectivity index (χ2v) is 7.78. The smallest absolute Gasteiger partial charge is 0.228 e. The zero-order valence-electron chi connectivity index (χ0n) is 14.0. The molecule has 0 saturated heterocycles. The van der Waals surface area contributed by atoms with Crippen molar-refractivity contribution in [3.63, 3.8) is 0 Å². The summed E-state index contributed by atoms with van der Waals surface area (Å²) in [7, 11) is 0. The van der Waals surface area contributed by atoms with Gasteiger partial charge in [-0.2, -0.15) is 0 Å². The van der Waals surface area contributed by atoms with Crippen LogP contribution in [0.4, 0.5) is 17.1 Å². The SMILES string of the molecule is Cc1ccc(C2CC2C(=O)Nc2cccc(Nc3ccccc3)c2)s1. The van der Waals surface area contributed by atoms with E-state index in [1.807, 2.05) is 54.6 Å². The van der Waals surface area contributed by atoms with Crippen molar-refractivity contribution in [3.8, 4) is 0 Å². The molecule has 1 fully saturated rings. The molecule has 1 aliphatic carbocycles. The molecule has 3 nitrogen and oxygen atoms in total. The van der Waals surface area contributed by atoms with Crippen molar-refractivity contribution in [3.05, 3.63) is 76.5 Å². The number of benzene rings is 2. The highest BCUT2D eigenvalue weighted by Crippen LogP contribution is 2.50. The van der Waals surface area contributed by atoms with Gasteiger partial charge in [-0.25, -0.2) is 0 Å². The zero-order chi connectivity index (χ0) is 17.2. The first-order chi connectivity index (χ1) is 12.2. The summed E-state index contributed by atoms with van der Waals surface area (Å²) in [5.41, 5.74) is 2.82. The van der Waals surface area contributed by atoms with Crippen LogP contribution in [0.25, 0.3) is 0 Å². The number of carbonyl (C=O) groups is 1. The first-order valence-corrected chi connectivity index (χ1v) is 9.30.